The molecule has 2 bridgehead atoms. The number of benzene rings is 2. The molecule has 3 aromatic rings. The monoisotopic (exact) mass is 477 g/mol. The Morgan fingerprint density at radius 1 is 0.853 bits per heavy atom. The summed E-state index contributed by atoms with van der Waals surface area (Å²) in [6.45, 7) is 3.64. The van der Waals surface area contributed by atoms with Crippen LogP contribution in [0.25, 0.3) is 0 Å². The van der Waals surface area contributed by atoms with E-state index in [1.165, 1.54) is 5.56 Å². The van der Waals surface area contributed by atoms with Crippen LogP contribution in [0.3, 0.4) is 0 Å². The largest absolute Gasteiger partial charge is 0.310 e. The van der Waals surface area contributed by atoms with Gasteiger partial charge in [-0.1, -0.05) is 60.7 Å². The van der Waals surface area contributed by atoms with Crippen molar-refractivity contribution in [3.63, 3.8) is 0 Å². The Balaban J connectivity index is 1.26. The van der Waals surface area contributed by atoms with E-state index in [1.54, 1.807) is 22.8 Å². The number of aryl methyl sites for hydroxylation is 1. The van der Waals surface area contributed by atoms with Gasteiger partial charge >= 0.3 is 0 Å². The molecule has 1 aromatic heterocycles. The number of sulfonamides is 1. The van der Waals surface area contributed by atoms with Gasteiger partial charge in [-0.05, 0) is 55.0 Å². The predicted octanol–water partition coefficient (Wildman–Crippen LogP) is 3.84. The second-order valence-corrected chi connectivity index (χ2v) is 11.3. The van der Waals surface area contributed by atoms with E-state index in [4.69, 9.17) is 0 Å². The first kappa shape index (κ1) is 22.9. The smallest absolute Gasteiger partial charge is 0.275 e. The van der Waals surface area contributed by atoms with E-state index in [9.17, 15) is 13.2 Å². The van der Waals surface area contributed by atoms with E-state index in [2.05, 4.69) is 33.9 Å². The zero-order chi connectivity index (χ0) is 23.5. The summed E-state index contributed by atoms with van der Waals surface area (Å²) in [5.41, 5.74) is 2.99. The van der Waals surface area contributed by atoms with Gasteiger partial charge in [0.1, 0.15) is 5.69 Å². The van der Waals surface area contributed by atoms with Crippen LogP contribution in [-0.2, 0) is 28.7 Å². The Morgan fingerprint density at radius 3 is 2.29 bits per heavy atom. The van der Waals surface area contributed by atoms with Gasteiger partial charge in [0, 0.05) is 31.2 Å². The van der Waals surface area contributed by atoms with Gasteiger partial charge in [-0.25, -0.2) is 8.42 Å². The van der Waals surface area contributed by atoms with Crippen LogP contribution >= 0.6 is 0 Å². The first-order valence-corrected chi connectivity index (χ1v) is 13.7. The van der Waals surface area contributed by atoms with Gasteiger partial charge in [-0.15, -0.1) is 0 Å². The molecule has 6 nitrogen and oxygen atoms in total. The van der Waals surface area contributed by atoms with Gasteiger partial charge in [-0.3, -0.25) is 9.52 Å². The van der Waals surface area contributed by atoms with Crippen molar-refractivity contribution in [1.29, 1.82) is 0 Å². The van der Waals surface area contributed by atoms with E-state index in [0.717, 1.165) is 44.6 Å². The minimum Gasteiger partial charge on any atom is -0.310 e. The lowest BCUT2D eigenvalue weighted by atomic mass is 9.83. The number of piperidine rings is 1. The fraction of sp³-hybridized carbons (Fsp3) is 0.370. The topological polar surface area (TPSA) is 71.4 Å². The number of pyridine rings is 1. The van der Waals surface area contributed by atoms with E-state index in [0.29, 0.717) is 23.9 Å². The maximum Gasteiger partial charge on any atom is 0.275 e. The van der Waals surface area contributed by atoms with Crippen molar-refractivity contribution in [2.45, 2.75) is 37.5 Å². The van der Waals surface area contributed by atoms with E-state index in [-0.39, 0.29) is 17.0 Å². The van der Waals surface area contributed by atoms with Gasteiger partial charge < -0.3 is 9.47 Å². The molecule has 0 amide bonds. The second-order valence-electron chi connectivity index (χ2n) is 9.58. The Labute approximate surface area is 201 Å². The number of anilines is 1. The summed E-state index contributed by atoms with van der Waals surface area (Å²) >= 11 is 0. The molecule has 0 spiro atoms. The number of fused-ring (bicyclic) bond motifs is 4. The summed E-state index contributed by atoms with van der Waals surface area (Å²) in [5, 5.41) is 0. The molecule has 5 rings (SSSR count). The maximum atomic E-state index is 13.2. The SMILES string of the molecule is O=c1c(NS(=O)(=O)Cc2ccccc2)ccc2n1C[C@H]1C[C@@H]2CN(CCCc2ccccc2)C1. The average molecular weight is 478 g/mol. The highest BCUT2D eigenvalue weighted by Gasteiger charge is 2.35. The summed E-state index contributed by atoms with van der Waals surface area (Å²) < 4.78 is 29.7. The van der Waals surface area contributed by atoms with E-state index in [1.807, 2.05) is 30.3 Å². The Bertz CT molecular complexity index is 1290. The first-order valence-electron chi connectivity index (χ1n) is 12.0. The van der Waals surface area contributed by atoms with Crippen LogP contribution in [0.2, 0.25) is 0 Å². The molecule has 3 heterocycles. The van der Waals surface area contributed by atoms with Crippen LogP contribution in [-0.4, -0.2) is 37.5 Å². The van der Waals surface area contributed by atoms with Gasteiger partial charge in [0.2, 0.25) is 10.0 Å². The average Bonchev–Trinajstić information content (AvgIpc) is 2.82. The number of hydrogen-bond donors (Lipinski definition) is 1. The highest BCUT2D eigenvalue weighted by Crippen LogP contribution is 2.35. The molecule has 0 aliphatic carbocycles. The molecule has 2 aliphatic heterocycles. The molecule has 1 fully saturated rings. The number of aromatic nitrogens is 1. The number of nitrogens with zero attached hydrogens (tertiary/aromatic N) is 2. The number of likely N-dealkylation sites (tertiary alicyclic amines) is 1. The quantitative estimate of drug-likeness (QED) is 0.535. The van der Waals surface area contributed by atoms with Gasteiger partial charge in [0.15, 0.2) is 0 Å². The minimum absolute atomic E-state index is 0.138. The van der Waals surface area contributed by atoms with Crippen molar-refractivity contribution in [3.05, 3.63) is 100.0 Å². The summed E-state index contributed by atoms with van der Waals surface area (Å²) in [5.74, 6) is 0.571. The molecule has 1 N–H and O–H groups in total. The molecule has 2 aromatic carbocycles. The van der Waals surface area contributed by atoms with Crippen LogP contribution in [0.4, 0.5) is 5.69 Å². The molecule has 34 heavy (non-hydrogen) atoms. The van der Waals surface area contributed by atoms with Crippen LogP contribution in [0.5, 0.6) is 0 Å². The van der Waals surface area contributed by atoms with Crippen LogP contribution in [0.1, 0.15) is 35.6 Å². The standard InChI is InChI=1S/C27H31N3O3S/c31-27-25(28-34(32,33)20-22-10-5-2-6-11-22)13-14-26-24-16-23(18-30(26)27)17-29(19-24)15-7-12-21-8-3-1-4-9-21/h1-6,8-11,13-14,23-24,28H,7,12,15-20H2/t23-,24+/m0/s1. The highest BCUT2D eigenvalue weighted by molar-refractivity contribution is 7.91. The normalized spacial score (nSPS) is 20.0. The van der Waals surface area contributed by atoms with Crippen molar-refractivity contribution in [2.75, 3.05) is 24.4 Å². The van der Waals surface area contributed by atoms with Gasteiger partial charge in [0.25, 0.3) is 5.56 Å². The third-order valence-corrected chi connectivity index (χ3v) is 8.17. The van der Waals surface area contributed by atoms with Crippen LogP contribution in [0, 0.1) is 5.92 Å². The Hall–Kier alpha value is -2.90. The van der Waals surface area contributed by atoms with E-state index >= 15 is 0 Å². The summed E-state index contributed by atoms with van der Waals surface area (Å²) in [4.78, 5) is 15.7. The van der Waals surface area contributed by atoms with Gasteiger partial charge in [-0.2, -0.15) is 0 Å². The zero-order valence-corrected chi connectivity index (χ0v) is 20.1. The number of nitrogens with one attached hydrogen (secondary N) is 1. The highest BCUT2D eigenvalue weighted by atomic mass is 32.2. The maximum absolute atomic E-state index is 13.2. The molecule has 7 heteroatoms. The number of hydrogen-bond acceptors (Lipinski definition) is 4. The molecule has 2 aliphatic rings. The summed E-state index contributed by atoms with van der Waals surface area (Å²) in [7, 11) is -3.67. The molecule has 1 saturated heterocycles. The third-order valence-electron chi connectivity index (χ3n) is 6.93. The molecule has 0 unspecified atom stereocenters. The molecular weight excluding hydrogens is 446 g/mol. The van der Waals surface area contributed by atoms with Crippen molar-refractivity contribution in [2.24, 2.45) is 5.92 Å². The predicted molar refractivity (Wildman–Crippen MR) is 135 cm³/mol. The lowest BCUT2D eigenvalue weighted by molar-refractivity contribution is 0.119. The fourth-order valence-corrected chi connectivity index (χ4v) is 6.65. The summed E-state index contributed by atoms with van der Waals surface area (Å²) in [6.07, 6.45) is 3.29. The summed E-state index contributed by atoms with van der Waals surface area (Å²) in [6, 6.07) is 23.2. The second kappa shape index (κ2) is 9.76. The van der Waals surface area contributed by atoms with Crippen molar-refractivity contribution >= 4 is 15.7 Å². The lowest BCUT2D eigenvalue weighted by Crippen LogP contribution is -2.47. The molecule has 0 radical (unpaired) electrons. The van der Waals surface area contributed by atoms with Crippen molar-refractivity contribution < 1.29 is 8.42 Å². The molecule has 2 atom stereocenters. The van der Waals surface area contributed by atoms with Crippen molar-refractivity contribution in [3.8, 4) is 0 Å². The van der Waals surface area contributed by atoms with Crippen molar-refractivity contribution in [1.82, 2.24) is 9.47 Å². The van der Waals surface area contributed by atoms with Crippen LogP contribution in [0.15, 0.2) is 77.6 Å². The number of rotatable bonds is 8. The first-order chi connectivity index (χ1) is 16.5. The zero-order valence-electron chi connectivity index (χ0n) is 19.3. The Morgan fingerprint density at radius 2 is 1.56 bits per heavy atom. The lowest BCUT2D eigenvalue weighted by Gasteiger charge is -2.43. The fourth-order valence-electron chi connectivity index (χ4n) is 5.45. The molecule has 0 saturated carbocycles. The minimum atomic E-state index is -3.67. The van der Waals surface area contributed by atoms with Crippen LogP contribution < -0.4 is 10.3 Å². The van der Waals surface area contributed by atoms with E-state index < -0.39 is 10.0 Å². The molecular formula is C27H31N3O3S. The third kappa shape index (κ3) is 5.26. The Kier molecular flexibility index (Phi) is 6.57. The molecule has 178 valence electrons. The van der Waals surface area contributed by atoms with Gasteiger partial charge in [0.05, 0.1) is 5.75 Å².